The van der Waals surface area contributed by atoms with Gasteiger partial charge in [-0.15, -0.1) is 0 Å². The molecule has 0 aliphatic heterocycles. The molecule has 1 N–H and O–H groups in total. The minimum Gasteiger partial charge on any atom is -0.377 e. The zero-order chi connectivity index (χ0) is 12.9. The molecule has 0 spiro atoms. The molecule has 2 nitrogen and oxygen atoms in total. The molecule has 0 bridgehead atoms. The first-order valence-corrected chi connectivity index (χ1v) is 6.02. The van der Waals surface area contributed by atoms with Crippen molar-refractivity contribution in [3.63, 3.8) is 0 Å². The van der Waals surface area contributed by atoms with E-state index in [2.05, 4.69) is 26.1 Å². The van der Waals surface area contributed by atoms with Crippen LogP contribution in [-0.4, -0.2) is 12.1 Å². The summed E-state index contributed by atoms with van der Waals surface area (Å²) in [6, 6.07) is 5.18. The van der Waals surface area contributed by atoms with Crippen LogP contribution in [0.2, 0.25) is 0 Å². The third-order valence-corrected chi connectivity index (χ3v) is 2.39. The first kappa shape index (κ1) is 14.1. The summed E-state index contributed by atoms with van der Waals surface area (Å²) in [6.45, 7) is 9.91. The van der Waals surface area contributed by atoms with Gasteiger partial charge in [-0.1, -0.05) is 6.07 Å². The molecule has 96 valence electrons. The Morgan fingerprint density at radius 3 is 2.59 bits per heavy atom. The lowest BCUT2D eigenvalue weighted by molar-refractivity contribution is 0.131. The number of ether oxygens (including phenoxy) is 1. The van der Waals surface area contributed by atoms with Crippen LogP contribution in [0.4, 0.5) is 4.39 Å². The highest BCUT2D eigenvalue weighted by Crippen LogP contribution is 2.13. The number of hydrogen-bond acceptors (Lipinski definition) is 2. The van der Waals surface area contributed by atoms with E-state index in [1.807, 2.05) is 19.1 Å². The summed E-state index contributed by atoms with van der Waals surface area (Å²) in [7, 11) is 0. The molecule has 0 heterocycles. The van der Waals surface area contributed by atoms with E-state index in [9.17, 15) is 4.39 Å². The number of rotatable bonds is 5. The average Bonchev–Trinajstić information content (AvgIpc) is 2.25. The van der Waals surface area contributed by atoms with Gasteiger partial charge in [0.1, 0.15) is 5.82 Å². The summed E-state index contributed by atoms with van der Waals surface area (Å²) in [6.07, 6.45) is 0. The number of halogens is 1. The van der Waals surface area contributed by atoms with Gasteiger partial charge in [-0.05, 0) is 45.4 Å². The lowest BCUT2D eigenvalue weighted by atomic mass is 10.1. The largest absolute Gasteiger partial charge is 0.377 e. The van der Waals surface area contributed by atoms with E-state index in [0.717, 1.165) is 12.1 Å². The molecule has 0 radical (unpaired) electrons. The maximum atomic E-state index is 13.5. The monoisotopic (exact) mass is 239 g/mol. The topological polar surface area (TPSA) is 21.3 Å². The summed E-state index contributed by atoms with van der Waals surface area (Å²) in [5, 5.41) is 3.38. The van der Waals surface area contributed by atoms with Gasteiger partial charge in [0.05, 0.1) is 6.61 Å². The molecule has 0 aliphatic carbocycles. The molecule has 0 unspecified atom stereocenters. The van der Waals surface area contributed by atoms with Gasteiger partial charge >= 0.3 is 0 Å². The van der Waals surface area contributed by atoms with Crippen LogP contribution in [0.25, 0.3) is 0 Å². The van der Waals surface area contributed by atoms with Crippen LogP contribution in [0, 0.1) is 5.82 Å². The van der Waals surface area contributed by atoms with Gasteiger partial charge in [0, 0.05) is 24.3 Å². The van der Waals surface area contributed by atoms with E-state index in [-0.39, 0.29) is 11.4 Å². The zero-order valence-electron chi connectivity index (χ0n) is 11.1. The summed E-state index contributed by atoms with van der Waals surface area (Å²) < 4.78 is 18.7. The average molecular weight is 239 g/mol. The molecule has 0 atom stereocenters. The van der Waals surface area contributed by atoms with Crippen LogP contribution in [0.3, 0.4) is 0 Å². The van der Waals surface area contributed by atoms with Crippen LogP contribution in [0.1, 0.15) is 38.8 Å². The molecule has 0 aliphatic rings. The van der Waals surface area contributed by atoms with E-state index in [1.165, 1.54) is 6.07 Å². The molecule has 3 heteroatoms. The molecule has 1 aromatic rings. The van der Waals surface area contributed by atoms with Crippen molar-refractivity contribution in [1.29, 1.82) is 0 Å². The lowest BCUT2D eigenvalue weighted by Crippen LogP contribution is -2.35. The number of benzene rings is 1. The van der Waals surface area contributed by atoms with E-state index in [1.54, 1.807) is 0 Å². The van der Waals surface area contributed by atoms with Gasteiger partial charge in [0.2, 0.25) is 0 Å². The van der Waals surface area contributed by atoms with Gasteiger partial charge in [-0.25, -0.2) is 4.39 Å². The fourth-order valence-electron chi connectivity index (χ4n) is 1.43. The van der Waals surface area contributed by atoms with Crippen molar-refractivity contribution in [3.05, 3.63) is 35.1 Å². The summed E-state index contributed by atoms with van der Waals surface area (Å²) in [4.78, 5) is 0. The second kappa shape index (κ2) is 6.12. The molecular weight excluding hydrogens is 217 g/mol. The van der Waals surface area contributed by atoms with Gasteiger partial charge in [0.15, 0.2) is 0 Å². The Morgan fingerprint density at radius 2 is 2.00 bits per heavy atom. The molecule has 1 rings (SSSR count). The minimum atomic E-state index is -0.196. The molecule has 0 saturated heterocycles. The Balaban J connectivity index is 2.67. The molecule has 0 saturated carbocycles. The number of hydrogen-bond donors (Lipinski definition) is 1. The predicted octanol–water partition coefficient (Wildman–Crippen LogP) is 3.25. The Bertz CT molecular complexity index is 358. The SMILES string of the molecule is CCOCc1cc(CNC(C)(C)C)ccc1F. The van der Waals surface area contributed by atoms with Crippen molar-refractivity contribution >= 4 is 0 Å². The Kier molecular flexibility index (Phi) is 5.09. The minimum absolute atomic E-state index is 0.0640. The van der Waals surface area contributed by atoms with Crippen molar-refractivity contribution in [2.75, 3.05) is 6.61 Å². The van der Waals surface area contributed by atoms with Crippen molar-refractivity contribution in [2.45, 2.75) is 46.4 Å². The van der Waals surface area contributed by atoms with E-state index in [0.29, 0.717) is 18.8 Å². The molecule has 0 aromatic heterocycles. The van der Waals surface area contributed by atoms with E-state index >= 15 is 0 Å². The quantitative estimate of drug-likeness (QED) is 0.851. The van der Waals surface area contributed by atoms with Crippen LogP contribution in [-0.2, 0) is 17.9 Å². The fourth-order valence-corrected chi connectivity index (χ4v) is 1.43. The van der Waals surface area contributed by atoms with E-state index in [4.69, 9.17) is 4.74 Å². The molecule has 1 aromatic carbocycles. The zero-order valence-corrected chi connectivity index (χ0v) is 11.1. The molecule has 0 fully saturated rings. The Morgan fingerprint density at radius 1 is 1.29 bits per heavy atom. The van der Waals surface area contributed by atoms with Crippen molar-refractivity contribution in [3.8, 4) is 0 Å². The summed E-state index contributed by atoms with van der Waals surface area (Å²) >= 11 is 0. The van der Waals surface area contributed by atoms with Crippen LogP contribution >= 0.6 is 0 Å². The smallest absolute Gasteiger partial charge is 0.128 e. The number of nitrogens with one attached hydrogen (secondary N) is 1. The molecular formula is C14H22FNO. The van der Waals surface area contributed by atoms with Crippen LogP contribution in [0.15, 0.2) is 18.2 Å². The van der Waals surface area contributed by atoms with Gasteiger partial charge in [-0.2, -0.15) is 0 Å². The highest BCUT2D eigenvalue weighted by atomic mass is 19.1. The summed E-state index contributed by atoms with van der Waals surface area (Å²) in [5.41, 5.74) is 1.77. The van der Waals surface area contributed by atoms with Crippen molar-refractivity contribution < 1.29 is 9.13 Å². The maximum absolute atomic E-state index is 13.5. The maximum Gasteiger partial charge on any atom is 0.128 e. The van der Waals surface area contributed by atoms with Crippen molar-refractivity contribution in [2.24, 2.45) is 0 Å². The van der Waals surface area contributed by atoms with Gasteiger partial charge in [-0.3, -0.25) is 0 Å². The third-order valence-electron chi connectivity index (χ3n) is 2.39. The Labute approximate surface area is 103 Å². The second-order valence-electron chi connectivity index (χ2n) is 5.17. The first-order chi connectivity index (χ1) is 7.92. The standard InChI is InChI=1S/C14H22FNO/c1-5-17-10-12-8-11(6-7-13(12)15)9-16-14(2,3)4/h6-8,16H,5,9-10H2,1-4H3. The molecule has 0 amide bonds. The van der Waals surface area contributed by atoms with E-state index < -0.39 is 0 Å². The second-order valence-corrected chi connectivity index (χ2v) is 5.17. The summed E-state index contributed by atoms with van der Waals surface area (Å²) in [5.74, 6) is -0.196. The van der Waals surface area contributed by atoms with Crippen LogP contribution in [0.5, 0.6) is 0 Å². The normalized spacial score (nSPS) is 11.8. The molecule has 17 heavy (non-hydrogen) atoms. The van der Waals surface area contributed by atoms with Crippen molar-refractivity contribution in [1.82, 2.24) is 5.32 Å². The first-order valence-electron chi connectivity index (χ1n) is 6.02. The Hall–Kier alpha value is -0.930. The highest BCUT2D eigenvalue weighted by molar-refractivity contribution is 5.24. The highest BCUT2D eigenvalue weighted by Gasteiger charge is 2.09. The van der Waals surface area contributed by atoms with Gasteiger partial charge < -0.3 is 10.1 Å². The third kappa shape index (κ3) is 5.29. The fraction of sp³-hybridized carbons (Fsp3) is 0.571. The van der Waals surface area contributed by atoms with Crippen LogP contribution < -0.4 is 5.32 Å². The predicted molar refractivity (Wildman–Crippen MR) is 68.3 cm³/mol. The van der Waals surface area contributed by atoms with Gasteiger partial charge in [0.25, 0.3) is 0 Å². The lowest BCUT2D eigenvalue weighted by Gasteiger charge is -2.20.